The van der Waals surface area contributed by atoms with Crippen molar-refractivity contribution in [3.63, 3.8) is 0 Å². The number of anilines is 2. The molecule has 7 amide bonds. The highest BCUT2D eigenvalue weighted by molar-refractivity contribution is 6.24. The molecule has 0 radical (unpaired) electrons. The second kappa shape index (κ2) is 23.2. The quantitative estimate of drug-likeness (QED) is 0.0524. The molecule has 4 heterocycles. The fourth-order valence-electron chi connectivity index (χ4n) is 8.73. The van der Waals surface area contributed by atoms with Crippen LogP contribution in [0.25, 0.3) is 11.1 Å². The number of fused-ring (bicyclic) bond motifs is 1. The van der Waals surface area contributed by atoms with Gasteiger partial charge < -0.3 is 30.2 Å². The van der Waals surface area contributed by atoms with Gasteiger partial charge in [-0.2, -0.15) is 5.26 Å². The zero-order chi connectivity index (χ0) is 48.8. The Labute approximate surface area is 404 Å². The molecular weight excluding hydrogens is 895 g/mol. The molecule has 1 saturated heterocycles. The van der Waals surface area contributed by atoms with E-state index in [1.54, 1.807) is 18.5 Å². The molecule has 1 atom stereocenters. The first-order chi connectivity index (χ1) is 34.1. The number of piperidine rings is 1. The Hall–Kier alpha value is -8.17. The minimum atomic E-state index is -1.11. The molecule has 18 nitrogen and oxygen atoms in total. The van der Waals surface area contributed by atoms with Crippen LogP contribution in [0, 0.1) is 11.3 Å². The summed E-state index contributed by atoms with van der Waals surface area (Å²) in [5.41, 5.74) is 4.21. The maximum absolute atomic E-state index is 13.9. The number of nitrogens with one attached hydrogen (secondary N) is 4. The molecule has 2 aliphatic heterocycles. The van der Waals surface area contributed by atoms with Gasteiger partial charge in [-0.1, -0.05) is 48.5 Å². The van der Waals surface area contributed by atoms with Crippen LogP contribution in [0.15, 0.2) is 109 Å². The zero-order valence-corrected chi connectivity index (χ0v) is 38.4. The normalized spacial score (nSPS) is 17.5. The summed E-state index contributed by atoms with van der Waals surface area (Å²) in [7, 11) is 0. The van der Waals surface area contributed by atoms with Crippen molar-refractivity contribution in [2.24, 2.45) is 0 Å². The lowest BCUT2D eigenvalue weighted by molar-refractivity contribution is -0.136. The summed E-state index contributed by atoms with van der Waals surface area (Å²) in [4.78, 5) is 88.3. The molecule has 5 aromatic rings. The molecule has 4 N–H and O–H groups in total. The predicted octanol–water partition coefficient (Wildman–Crippen LogP) is 5.93. The van der Waals surface area contributed by atoms with Crippen molar-refractivity contribution >= 4 is 47.1 Å². The van der Waals surface area contributed by atoms with Gasteiger partial charge in [0.05, 0.1) is 23.3 Å². The molecule has 360 valence electrons. The monoisotopic (exact) mass is 947 g/mol. The van der Waals surface area contributed by atoms with E-state index in [-0.39, 0.29) is 61.0 Å². The largest absolute Gasteiger partial charge is 0.483 e. The number of carbonyl (C=O) groups is 6. The van der Waals surface area contributed by atoms with Crippen LogP contribution in [0.1, 0.15) is 83.2 Å². The number of benzene rings is 3. The molecule has 18 heteroatoms. The zero-order valence-electron chi connectivity index (χ0n) is 38.4. The third-order valence-electron chi connectivity index (χ3n) is 12.3. The molecule has 1 unspecified atom stereocenters. The van der Waals surface area contributed by atoms with Gasteiger partial charge in [0.25, 0.3) is 17.7 Å². The summed E-state index contributed by atoms with van der Waals surface area (Å²) in [5.74, 6) is -1.73. The molecule has 3 aromatic carbocycles. The lowest BCUT2D eigenvalue weighted by atomic mass is 9.89. The molecule has 2 fully saturated rings. The maximum atomic E-state index is 13.9. The number of hydrogen-bond acceptors (Lipinski definition) is 13. The number of carbonyl (C=O) groups excluding carboxylic acids is 6. The van der Waals surface area contributed by atoms with Crippen molar-refractivity contribution in [1.82, 2.24) is 30.8 Å². The molecule has 70 heavy (non-hydrogen) atoms. The number of urea groups is 1. The lowest BCUT2D eigenvalue weighted by Gasteiger charge is -2.37. The lowest BCUT2D eigenvalue weighted by Crippen LogP contribution is -2.54. The molecule has 0 spiro atoms. The topological polar surface area (TPSA) is 234 Å². The van der Waals surface area contributed by atoms with Gasteiger partial charge in [0.15, 0.2) is 6.61 Å². The summed E-state index contributed by atoms with van der Waals surface area (Å²) >= 11 is 0. The van der Waals surface area contributed by atoms with Crippen LogP contribution in [0.3, 0.4) is 0 Å². The highest BCUT2D eigenvalue weighted by Gasteiger charge is 2.46. The Kier molecular flexibility index (Phi) is 16.0. The summed E-state index contributed by atoms with van der Waals surface area (Å²) < 4.78 is 17.3. The van der Waals surface area contributed by atoms with E-state index >= 15 is 0 Å². The fraction of sp³-hybridized carbons (Fsp3) is 0.327. The number of nitrogens with zero attached hydrogens (tertiary/aromatic N) is 5. The molecule has 1 aliphatic carbocycles. The summed E-state index contributed by atoms with van der Waals surface area (Å²) in [6, 6.07) is 30.6. The first-order valence-electron chi connectivity index (χ1n) is 23.4. The Morgan fingerprint density at radius 1 is 0.800 bits per heavy atom. The Bertz CT molecular complexity index is 2720. The number of amides is 7. The van der Waals surface area contributed by atoms with Crippen LogP contribution in [-0.2, 0) is 25.7 Å². The highest BCUT2D eigenvalue weighted by Crippen LogP contribution is 2.34. The van der Waals surface area contributed by atoms with Gasteiger partial charge in [-0.3, -0.25) is 39.1 Å². The third-order valence-corrected chi connectivity index (χ3v) is 12.3. The Morgan fingerprint density at radius 3 is 2.37 bits per heavy atom. The first kappa shape index (κ1) is 48.3. The SMILES string of the molecule is N#Cc1ccc(N[C@H]2CC[C@H](N(C(=O)NCc3ccccc3)c3ccc(-c4ccnc(OCCOCCCCNC(=O)COc5cccc6c5C(=O)N(C5CCC(=O)NC5=O)C6=O)c4)cc3)CC2)nc1. The Morgan fingerprint density at radius 2 is 1.61 bits per heavy atom. The van der Waals surface area contributed by atoms with Crippen molar-refractivity contribution in [2.75, 3.05) is 43.2 Å². The van der Waals surface area contributed by atoms with Gasteiger partial charge in [-0.05, 0) is 104 Å². The van der Waals surface area contributed by atoms with Crippen LogP contribution in [0.2, 0.25) is 0 Å². The van der Waals surface area contributed by atoms with Crippen LogP contribution in [0.5, 0.6) is 11.6 Å². The molecule has 8 rings (SSSR count). The molecule has 1 saturated carbocycles. The summed E-state index contributed by atoms with van der Waals surface area (Å²) in [5, 5.41) is 20.7. The fourth-order valence-corrected chi connectivity index (χ4v) is 8.73. The van der Waals surface area contributed by atoms with Crippen LogP contribution in [-0.4, -0.2) is 102 Å². The van der Waals surface area contributed by atoms with Crippen molar-refractivity contribution in [2.45, 2.75) is 76.0 Å². The average molecular weight is 948 g/mol. The van der Waals surface area contributed by atoms with Gasteiger partial charge >= 0.3 is 6.03 Å². The van der Waals surface area contributed by atoms with Crippen molar-refractivity contribution in [3.8, 4) is 28.8 Å². The highest BCUT2D eigenvalue weighted by atomic mass is 16.5. The number of unbranched alkanes of at least 4 members (excludes halogenated alkanes) is 1. The number of ether oxygens (including phenoxy) is 3. The molecule has 2 aromatic heterocycles. The summed E-state index contributed by atoms with van der Waals surface area (Å²) in [6.45, 7) is 1.44. The van der Waals surface area contributed by atoms with E-state index < -0.39 is 35.6 Å². The van der Waals surface area contributed by atoms with E-state index in [1.807, 2.05) is 77.7 Å². The molecule has 3 aliphatic rings. The summed E-state index contributed by atoms with van der Waals surface area (Å²) in [6.07, 6.45) is 7.89. The van der Waals surface area contributed by atoms with Crippen LogP contribution < -0.4 is 35.6 Å². The Balaban J connectivity index is 0.753. The minimum Gasteiger partial charge on any atom is -0.483 e. The van der Waals surface area contributed by atoms with E-state index in [0.717, 1.165) is 58.8 Å². The number of nitriles is 1. The van der Waals surface area contributed by atoms with E-state index in [9.17, 15) is 28.8 Å². The van der Waals surface area contributed by atoms with Gasteiger partial charge in [0.2, 0.25) is 17.7 Å². The standard InChI is InChI=1S/C52H53N9O9/c53-30-35-11-21-44(56-32-35)58-38-14-18-40(19-15-38)60(52(67)57-31-34-7-2-1-3-8-34)39-16-12-36(13-17-39)37-23-25-55-47(29-37)69-28-27-68-26-5-4-24-54-46(63)33-70-43-10-6-9-41-48(43)51(66)61(50(41)65)42-20-22-45(62)59-49(42)64/h1-3,6-13,16-17,21,23,25,29,32,38,40,42H,4-5,14-15,18-20,22,24,26-28,31,33H2,(H,54,63)(H,56,58)(H,57,67)(H,59,62,64)/t38-,40-,42?. The first-order valence-corrected chi connectivity index (χ1v) is 23.4. The van der Waals surface area contributed by atoms with Crippen LogP contribution >= 0.6 is 0 Å². The minimum absolute atomic E-state index is 0.00603. The van der Waals surface area contributed by atoms with E-state index in [0.29, 0.717) is 50.6 Å². The number of aromatic nitrogens is 2. The number of hydrogen-bond donors (Lipinski definition) is 4. The van der Waals surface area contributed by atoms with Crippen LogP contribution in [0.4, 0.5) is 16.3 Å². The number of rotatable bonds is 20. The third kappa shape index (κ3) is 12.1. The maximum Gasteiger partial charge on any atom is 0.322 e. The predicted molar refractivity (Wildman–Crippen MR) is 257 cm³/mol. The average Bonchev–Trinajstić information content (AvgIpc) is 3.64. The van der Waals surface area contributed by atoms with E-state index in [1.165, 1.54) is 18.2 Å². The molecule has 0 bridgehead atoms. The van der Waals surface area contributed by atoms with Gasteiger partial charge in [0.1, 0.15) is 30.3 Å². The number of imide groups is 2. The van der Waals surface area contributed by atoms with E-state index in [2.05, 4.69) is 37.3 Å². The van der Waals surface area contributed by atoms with Crippen molar-refractivity contribution < 1.29 is 43.0 Å². The van der Waals surface area contributed by atoms with Gasteiger partial charge in [0, 0.05) is 62.3 Å². The number of pyridine rings is 2. The second-order valence-electron chi connectivity index (χ2n) is 17.1. The molecular formula is C52H53N9O9. The van der Waals surface area contributed by atoms with Crippen molar-refractivity contribution in [1.29, 1.82) is 5.26 Å². The second-order valence-corrected chi connectivity index (χ2v) is 17.1. The smallest absolute Gasteiger partial charge is 0.322 e. The van der Waals surface area contributed by atoms with Gasteiger partial charge in [-0.25, -0.2) is 14.8 Å². The van der Waals surface area contributed by atoms with Crippen molar-refractivity contribution in [3.05, 3.63) is 132 Å². The van der Waals surface area contributed by atoms with E-state index in [4.69, 9.17) is 19.5 Å². The van der Waals surface area contributed by atoms with Gasteiger partial charge in [-0.15, -0.1) is 0 Å².